The van der Waals surface area contributed by atoms with Crippen LogP contribution in [0, 0.1) is 11.3 Å². The summed E-state index contributed by atoms with van der Waals surface area (Å²) in [6.07, 6.45) is 3.56. The zero-order valence-corrected chi connectivity index (χ0v) is 15.9. The molecule has 2 aromatic heterocycles. The molecule has 0 unspecified atom stereocenters. The van der Waals surface area contributed by atoms with Crippen LogP contribution in [0.5, 0.6) is 0 Å². The highest BCUT2D eigenvalue weighted by Crippen LogP contribution is 2.38. The molecule has 1 N–H and O–H groups in total. The number of nitriles is 1. The number of hydrogen-bond acceptors (Lipinski definition) is 5. The van der Waals surface area contributed by atoms with Gasteiger partial charge in [0.2, 0.25) is 0 Å². The van der Waals surface area contributed by atoms with E-state index in [9.17, 15) is 10.1 Å². The molecule has 0 spiro atoms. The van der Waals surface area contributed by atoms with E-state index in [-0.39, 0.29) is 4.88 Å². The fourth-order valence-corrected chi connectivity index (χ4v) is 4.76. The van der Waals surface area contributed by atoms with Crippen LogP contribution in [0.2, 0.25) is 0 Å². The van der Waals surface area contributed by atoms with Crippen molar-refractivity contribution in [2.45, 2.75) is 28.9 Å². The normalized spacial score (nSPS) is 10.7. The summed E-state index contributed by atoms with van der Waals surface area (Å²) in [5.41, 5.74) is 3.77. The van der Waals surface area contributed by atoms with E-state index in [1.165, 1.54) is 23.4 Å². The Morgan fingerprint density at radius 1 is 1.27 bits per heavy atom. The third-order valence-electron chi connectivity index (χ3n) is 3.85. The van der Waals surface area contributed by atoms with Crippen LogP contribution in [0.15, 0.2) is 57.9 Å². The largest absolute Gasteiger partial charge is 0.477 e. The highest BCUT2D eigenvalue weighted by Gasteiger charge is 2.16. The van der Waals surface area contributed by atoms with Gasteiger partial charge in [0.25, 0.3) is 0 Å². The molecule has 26 heavy (non-hydrogen) atoms. The standard InChI is InChI=1S/C20H16N2O2S2/c1-12(2)16-5-3-4-6-17(16)14-7-15(11-22-10-14)25-20-13(9-21)8-18(26-20)19(23)24/h3-8,10-12H,1-2H3,(H,23,24). The van der Waals surface area contributed by atoms with Crippen molar-refractivity contribution < 1.29 is 9.90 Å². The number of benzene rings is 1. The number of hydrogen-bond donors (Lipinski definition) is 1. The number of nitrogens with zero attached hydrogens (tertiary/aromatic N) is 2. The fraction of sp³-hybridized carbons (Fsp3) is 0.150. The van der Waals surface area contributed by atoms with Gasteiger partial charge in [-0.15, -0.1) is 11.3 Å². The van der Waals surface area contributed by atoms with Crippen LogP contribution in [0.25, 0.3) is 11.1 Å². The lowest BCUT2D eigenvalue weighted by atomic mass is 9.93. The van der Waals surface area contributed by atoms with E-state index in [0.717, 1.165) is 27.4 Å². The second kappa shape index (κ2) is 7.73. The Hall–Kier alpha value is -2.62. The molecule has 0 saturated heterocycles. The van der Waals surface area contributed by atoms with Crippen LogP contribution in [0.1, 0.15) is 40.6 Å². The first-order chi connectivity index (χ1) is 12.5. The lowest BCUT2D eigenvalue weighted by Crippen LogP contribution is -1.92. The van der Waals surface area contributed by atoms with Gasteiger partial charge in [-0.2, -0.15) is 5.26 Å². The van der Waals surface area contributed by atoms with Crippen molar-refractivity contribution in [2.24, 2.45) is 0 Å². The van der Waals surface area contributed by atoms with Gasteiger partial charge in [0.05, 0.1) is 9.77 Å². The van der Waals surface area contributed by atoms with Crippen molar-refractivity contribution in [3.05, 3.63) is 64.8 Å². The van der Waals surface area contributed by atoms with E-state index in [4.69, 9.17) is 5.11 Å². The van der Waals surface area contributed by atoms with E-state index in [0.29, 0.717) is 15.7 Å². The van der Waals surface area contributed by atoms with Gasteiger partial charge in [-0.05, 0) is 29.2 Å². The summed E-state index contributed by atoms with van der Waals surface area (Å²) in [6, 6.07) is 13.7. The Kier molecular flexibility index (Phi) is 5.40. The molecule has 2 heterocycles. The Morgan fingerprint density at radius 3 is 2.73 bits per heavy atom. The van der Waals surface area contributed by atoms with E-state index >= 15 is 0 Å². The summed E-state index contributed by atoms with van der Waals surface area (Å²) in [5, 5.41) is 18.4. The highest BCUT2D eigenvalue weighted by atomic mass is 32.2. The molecule has 0 aliphatic heterocycles. The molecular weight excluding hydrogens is 364 g/mol. The van der Waals surface area contributed by atoms with Gasteiger partial charge in [0.15, 0.2) is 0 Å². The zero-order valence-electron chi connectivity index (χ0n) is 14.3. The predicted octanol–water partition coefficient (Wildman–Crippen LogP) is 5.65. The van der Waals surface area contributed by atoms with E-state index in [1.807, 2.05) is 24.4 Å². The number of aromatic carboxylic acids is 1. The molecule has 0 aliphatic rings. The number of thiophene rings is 1. The first-order valence-electron chi connectivity index (χ1n) is 7.99. The molecule has 3 aromatic rings. The van der Waals surface area contributed by atoms with Gasteiger partial charge in [0, 0.05) is 22.9 Å². The van der Waals surface area contributed by atoms with Crippen molar-refractivity contribution in [3.8, 4) is 17.2 Å². The summed E-state index contributed by atoms with van der Waals surface area (Å²) in [6.45, 7) is 4.31. The number of carboxylic acids is 1. The van der Waals surface area contributed by atoms with Crippen molar-refractivity contribution in [2.75, 3.05) is 0 Å². The average Bonchev–Trinajstić information content (AvgIpc) is 3.05. The summed E-state index contributed by atoms with van der Waals surface area (Å²) in [4.78, 5) is 16.5. The SMILES string of the molecule is CC(C)c1ccccc1-c1cncc(Sc2sc(C(=O)O)cc2C#N)c1. The smallest absolute Gasteiger partial charge is 0.345 e. The maximum atomic E-state index is 11.2. The van der Waals surface area contributed by atoms with Crippen LogP contribution in [0.4, 0.5) is 0 Å². The minimum Gasteiger partial charge on any atom is -0.477 e. The molecule has 0 amide bonds. The van der Waals surface area contributed by atoms with Crippen LogP contribution in [-0.4, -0.2) is 16.1 Å². The average molecular weight is 380 g/mol. The third kappa shape index (κ3) is 3.79. The Morgan fingerprint density at radius 2 is 2.04 bits per heavy atom. The number of carbonyl (C=O) groups is 1. The summed E-state index contributed by atoms with van der Waals surface area (Å²) >= 11 is 2.48. The number of pyridine rings is 1. The quantitative estimate of drug-likeness (QED) is 0.619. The molecule has 3 rings (SSSR count). The van der Waals surface area contributed by atoms with Crippen LogP contribution in [0.3, 0.4) is 0 Å². The molecule has 0 atom stereocenters. The molecule has 0 aliphatic carbocycles. The topological polar surface area (TPSA) is 74.0 Å². The Labute approximate surface area is 160 Å². The minimum atomic E-state index is -1.02. The van der Waals surface area contributed by atoms with E-state index in [1.54, 1.807) is 6.20 Å². The Bertz CT molecular complexity index is 1000. The van der Waals surface area contributed by atoms with Gasteiger partial charge in [-0.25, -0.2) is 4.79 Å². The van der Waals surface area contributed by atoms with Crippen LogP contribution in [-0.2, 0) is 0 Å². The van der Waals surface area contributed by atoms with Gasteiger partial charge in [0.1, 0.15) is 10.9 Å². The van der Waals surface area contributed by atoms with E-state index < -0.39 is 5.97 Å². The van der Waals surface area contributed by atoms with Crippen molar-refractivity contribution in [1.82, 2.24) is 4.98 Å². The summed E-state index contributed by atoms with van der Waals surface area (Å²) < 4.78 is 0.668. The molecule has 0 radical (unpaired) electrons. The lowest BCUT2D eigenvalue weighted by Gasteiger charge is -2.13. The van der Waals surface area contributed by atoms with Crippen LogP contribution < -0.4 is 0 Å². The molecule has 0 fully saturated rings. The molecule has 0 bridgehead atoms. The van der Waals surface area contributed by atoms with Gasteiger partial charge < -0.3 is 5.11 Å². The number of aromatic nitrogens is 1. The third-order valence-corrected chi connectivity index (χ3v) is 6.13. The zero-order chi connectivity index (χ0) is 18.7. The fourth-order valence-electron chi connectivity index (χ4n) is 2.63. The molecule has 0 saturated carbocycles. The van der Waals surface area contributed by atoms with Crippen molar-refractivity contribution in [3.63, 3.8) is 0 Å². The molecule has 1 aromatic carbocycles. The monoisotopic (exact) mass is 380 g/mol. The van der Waals surface area contributed by atoms with E-state index in [2.05, 4.69) is 37.0 Å². The maximum absolute atomic E-state index is 11.2. The number of rotatable bonds is 5. The van der Waals surface area contributed by atoms with Gasteiger partial charge >= 0.3 is 5.97 Å². The summed E-state index contributed by atoms with van der Waals surface area (Å²) in [7, 11) is 0. The Balaban J connectivity index is 1.97. The first-order valence-corrected chi connectivity index (χ1v) is 9.62. The maximum Gasteiger partial charge on any atom is 0.345 e. The number of carboxylic acid groups (broad SMARTS) is 1. The van der Waals surface area contributed by atoms with Crippen molar-refractivity contribution >= 4 is 29.1 Å². The van der Waals surface area contributed by atoms with Crippen molar-refractivity contribution in [1.29, 1.82) is 5.26 Å². The van der Waals surface area contributed by atoms with Gasteiger partial charge in [-0.1, -0.05) is 49.9 Å². The molecule has 4 nitrogen and oxygen atoms in total. The van der Waals surface area contributed by atoms with Crippen LogP contribution >= 0.6 is 23.1 Å². The minimum absolute atomic E-state index is 0.165. The molecule has 130 valence electrons. The lowest BCUT2D eigenvalue weighted by molar-refractivity contribution is 0.0702. The second-order valence-electron chi connectivity index (χ2n) is 5.98. The first kappa shape index (κ1) is 18.2. The molecular formula is C20H16N2O2S2. The second-order valence-corrected chi connectivity index (χ2v) is 8.38. The molecule has 6 heteroatoms. The summed E-state index contributed by atoms with van der Waals surface area (Å²) in [5.74, 6) is -0.626. The van der Waals surface area contributed by atoms with Gasteiger partial charge in [-0.3, -0.25) is 4.98 Å². The predicted molar refractivity (Wildman–Crippen MR) is 104 cm³/mol. The highest BCUT2D eigenvalue weighted by molar-refractivity contribution is 8.01.